The summed E-state index contributed by atoms with van der Waals surface area (Å²) in [6.45, 7) is 3.39. The maximum atomic E-state index is 10.9. The van der Waals surface area contributed by atoms with Crippen LogP contribution in [-0.4, -0.2) is 18.1 Å². The van der Waals surface area contributed by atoms with Crippen molar-refractivity contribution in [1.82, 2.24) is 5.32 Å². The van der Waals surface area contributed by atoms with E-state index in [0.29, 0.717) is 6.54 Å². The third-order valence-corrected chi connectivity index (χ3v) is 2.11. The van der Waals surface area contributed by atoms with Crippen LogP contribution in [0.15, 0.2) is 18.2 Å². The van der Waals surface area contributed by atoms with Gasteiger partial charge in [-0.1, -0.05) is 18.9 Å². The van der Waals surface area contributed by atoms with Crippen molar-refractivity contribution in [3.8, 4) is 18.1 Å². The van der Waals surface area contributed by atoms with Gasteiger partial charge in [0.05, 0.1) is 4.92 Å². The van der Waals surface area contributed by atoms with Crippen LogP contribution in [0.25, 0.3) is 0 Å². The molecule has 0 saturated heterocycles. The molecule has 5 nitrogen and oxygen atoms in total. The molecule has 0 amide bonds. The van der Waals surface area contributed by atoms with E-state index in [-0.39, 0.29) is 18.0 Å². The minimum absolute atomic E-state index is 0.0212. The van der Waals surface area contributed by atoms with Crippen molar-refractivity contribution < 1.29 is 9.66 Å². The molecule has 1 aromatic rings. The highest BCUT2D eigenvalue weighted by molar-refractivity contribution is 5.48. The molecule has 1 N–H and O–H groups in total. The molecule has 0 aromatic heterocycles. The van der Waals surface area contributed by atoms with Gasteiger partial charge < -0.3 is 10.1 Å². The van der Waals surface area contributed by atoms with Crippen molar-refractivity contribution in [2.24, 2.45) is 0 Å². The highest BCUT2D eigenvalue weighted by Gasteiger charge is 2.15. The van der Waals surface area contributed by atoms with E-state index in [1.165, 1.54) is 6.07 Å². The number of nitro groups is 1. The van der Waals surface area contributed by atoms with Crippen LogP contribution in [0.2, 0.25) is 0 Å². The quantitative estimate of drug-likeness (QED) is 0.462. The third-order valence-electron chi connectivity index (χ3n) is 2.11. The Bertz CT molecular complexity index is 438. The van der Waals surface area contributed by atoms with Crippen molar-refractivity contribution in [2.75, 3.05) is 13.2 Å². The molecule has 1 rings (SSSR count). The monoisotopic (exact) mass is 234 g/mol. The lowest BCUT2D eigenvalue weighted by atomic mass is 10.2. The van der Waals surface area contributed by atoms with Crippen LogP contribution < -0.4 is 10.1 Å². The fourth-order valence-electron chi connectivity index (χ4n) is 1.33. The van der Waals surface area contributed by atoms with E-state index in [1.807, 2.05) is 6.92 Å². The molecule has 0 saturated carbocycles. The van der Waals surface area contributed by atoms with E-state index in [4.69, 9.17) is 11.2 Å². The number of hydrogen-bond acceptors (Lipinski definition) is 4. The molecule has 0 radical (unpaired) electrons. The molecule has 0 fully saturated rings. The first-order chi connectivity index (χ1) is 8.19. The summed E-state index contributed by atoms with van der Waals surface area (Å²) >= 11 is 0. The predicted molar refractivity (Wildman–Crippen MR) is 64.8 cm³/mol. The number of nitro benzene ring substituents is 1. The van der Waals surface area contributed by atoms with Crippen LogP contribution in [0.3, 0.4) is 0 Å². The van der Waals surface area contributed by atoms with Crippen molar-refractivity contribution in [2.45, 2.75) is 13.5 Å². The second kappa shape index (κ2) is 6.51. The number of nitrogens with zero attached hydrogens (tertiary/aromatic N) is 1. The SMILES string of the molecule is C#CCOc1ccc(CNCC)cc1[N+](=O)[O-]. The molecule has 0 aliphatic heterocycles. The maximum Gasteiger partial charge on any atom is 0.311 e. The molecule has 0 aliphatic rings. The Hall–Kier alpha value is -2.06. The fraction of sp³-hybridized carbons (Fsp3) is 0.333. The zero-order chi connectivity index (χ0) is 12.7. The lowest BCUT2D eigenvalue weighted by Crippen LogP contribution is -2.12. The highest BCUT2D eigenvalue weighted by atomic mass is 16.6. The van der Waals surface area contributed by atoms with Crippen LogP contribution in [-0.2, 0) is 6.54 Å². The van der Waals surface area contributed by atoms with Gasteiger partial charge in [-0.15, -0.1) is 6.42 Å². The van der Waals surface area contributed by atoms with Crippen molar-refractivity contribution in [3.05, 3.63) is 33.9 Å². The lowest BCUT2D eigenvalue weighted by molar-refractivity contribution is -0.385. The van der Waals surface area contributed by atoms with Crippen molar-refractivity contribution in [1.29, 1.82) is 0 Å². The Kier molecular flexibility index (Phi) is 4.98. The van der Waals surface area contributed by atoms with Crippen LogP contribution in [0.4, 0.5) is 5.69 Å². The molecule has 90 valence electrons. The van der Waals surface area contributed by atoms with Gasteiger partial charge in [-0.05, 0) is 18.2 Å². The highest BCUT2D eigenvalue weighted by Crippen LogP contribution is 2.27. The fourth-order valence-corrected chi connectivity index (χ4v) is 1.33. The minimum Gasteiger partial charge on any atom is -0.474 e. The summed E-state index contributed by atoms with van der Waals surface area (Å²) < 4.78 is 5.11. The molecule has 0 unspecified atom stereocenters. The first-order valence-corrected chi connectivity index (χ1v) is 5.23. The standard InChI is InChI=1S/C12H14N2O3/c1-3-7-17-12-6-5-10(9-13-4-2)8-11(12)14(15)16/h1,5-6,8,13H,4,7,9H2,2H3. The van der Waals surface area contributed by atoms with Gasteiger partial charge in [0.2, 0.25) is 0 Å². The van der Waals surface area contributed by atoms with E-state index >= 15 is 0 Å². The van der Waals surface area contributed by atoms with Crippen LogP contribution in [0, 0.1) is 22.5 Å². The van der Waals surface area contributed by atoms with Crippen molar-refractivity contribution >= 4 is 5.69 Å². The van der Waals surface area contributed by atoms with E-state index < -0.39 is 4.92 Å². The van der Waals surface area contributed by atoms with Gasteiger partial charge in [-0.2, -0.15) is 0 Å². The second-order valence-electron chi connectivity index (χ2n) is 3.33. The number of ether oxygens (including phenoxy) is 1. The molecule has 0 bridgehead atoms. The van der Waals surface area contributed by atoms with E-state index in [9.17, 15) is 10.1 Å². The summed E-state index contributed by atoms with van der Waals surface area (Å²) in [5.74, 6) is 2.48. The van der Waals surface area contributed by atoms with Gasteiger partial charge in [0, 0.05) is 12.6 Å². The molecule has 5 heteroatoms. The Morgan fingerprint density at radius 2 is 2.35 bits per heavy atom. The third kappa shape index (κ3) is 3.78. The number of rotatable bonds is 6. The maximum absolute atomic E-state index is 10.9. The number of nitrogens with one attached hydrogen (secondary N) is 1. The van der Waals surface area contributed by atoms with Gasteiger partial charge in [0.1, 0.15) is 6.61 Å². The average Bonchev–Trinajstić information content (AvgIpc) is 2.34. The van der Waals surface area contributed by atoms with Gasteiger partial charge in [-0.25, -0.2) is 0 Å². The smallest absolute Gasteiger partial charge is 0.311 e. The van der Waals surface area contributed by atoms with Crippen LogP contribution in [0.1, 0.15) is 12.5 Å². The molecule has 0 aliphatic carbocycles. The minimum atomic E-state index is -0.471. The predicted octanol–water partition coefficient (Wildman–Crippen LogP) is 1.72. The Morgan fingerprint density at radius 3 is 2.94 bits per heavy atom. The van der Waals surface area contributed by atoms with E-state index in [0.717, 1.165) is 12.1 Å². The Labute approximate surface area is 99.9 Å². The summed E-state index contributed by atoms with van der Waals surface area (Å²) in [5.41, 5.74) is 0.780. The lowest BCUT2D eigenvalue weighted by Gasteiger charge is -2.06. The summed E-state index contributed by atoms with van der Waals surface area (Å²) in [6, 6.07) is 4.85. The van der Waals surface area contributed by atoms with Crippen LogP contribution >= 0.6 is 0 Å². The first kappa shape index (κ1) is 13.0. The van der Waals surface area contributed by atoms with Gasteiger partial charge in [-0.3, -0.25) is 10.1 Å². The molecule has 0 spiro atoms. The summed E-state index contributed by atoms with van der Waals surface area (Å²) in [4.78, 5) is 10.4. The normalized spacial score (nSPS) is 9.65. The van der Waals surface area contributed by atoms with Gasteiger partial charge >= 0.3 is 5.69 Å². The average molecular weight is 234 g/mol. The zero-order valence-electron chi connectivity index (χ0n) is 9.60. The molecule has 0 heterocycles. The number of terminal acetylenes is 1. The topological polar surface area (TPSA) is 64.4 Å². The van der Waals surface area contributed by atoms with Crippen molar-refractivity contribution in [3.63, 3.8) is 0 Å². The zero-order valence-corrected chi connectivity index (χ0v) is 9.60. The second-order valence-corrected chi connectivity index (χ2v) is 3.33. The summed E-state index contributed by atoms with van der Waals surface area (Å²) in [6.07, 6.45) is 5.04. The van der Waals surface area contributed by atoms with E-state index in [1.54, 1.807) is 12.1 Å². The number of hydrogen-bond donors (Lipinski definition) is 1. The Morgan fingerprint density at radius 1 is 1.59 bits per heavy atom. The molecule has 1 aromatic carbocycles. The molecular weight excluding hydrogens is 220 g/mol. The number of benzene rings is 1. The van der Waals surface area contributed by atoms with Gasteiger partial charge in [0.25, 0.3) is 0 Å². The van der Waals surface area contributed by atoms with E-state index in [2.05, 4.69) is 11.2 Å². The summed E-state index contributed by atoms with van der Waals surface area (Å²) in [5, 5.41) is 14.0. The largest absolute Gasteiger partial charge is 0.474 e. The molecule has 17 heavy (non-hydrogen) atoms. The summed E-state index contributed by atoms with van der Waals surface area (Å²) in [7, 11) is 0. The Balaban J connectivity index is 2.92. The molecule has 0 atom stereocenters. The molecular formula is C12H14N2O3. The van der Waals surface area contributed by atoms with Crippen LogP contribution in [0.5, 0.6) is 5.75 Å². The van der Waals surface area contributed by atoms with Gasteiger partial charge in [0.15, 0.2) is 5.75 Å². The first-order valence-electron chi connectivity index (χ1n) is 5.23.